The highest BCUT2D eigenvalue weighted by Gasteiger charge is 2.25. The highest BCUT2D eigenvalue weighted by atomic mass is 32.2. The first-order chi connectivity index (χ1) is 14.3. The fourth-order valence-corrected chi connectivity index (χ4v) is 3.43. The van der Waals surface area contributed by atoms with Crippen molar-refractivity contribution < 1.29 is 18.3 Å². The Labute approximate surface area is 179 Å². The second kappa shape index (κ2) is 9.75. The van der Waals surface area contributed by atoms with Crippen molar-refractivity contribution in [2.75, 3.05) is 0 Å². The van der Waals surface area contributed by atoms with Crippen molar-refractivity contribution in [1.82, 2.24) is 15.5 Å². The van der Waals surface area contributed by atoms with Crippen molar-refractivity contribution in [1.29, 1.82) is 0 Å². The molecular formula is C22H24FN3O3S. The van der Waals surface area contributed by atoms with Crippen molar-refractivity contribution in [2.45, 2.75) is 49.8 Å². The van der Waals surface area contributed by atoms with Gasteiger partial charge in [0.05, 0.1) is 0 Å². The Morgan fingerprint density at radius 2 is 1.83 bits per heavy atom. The monoisotopic (exact) mass is 429 g/mol. The molecule has 0 saturated heterocycles. The minimum absolute atomic E-state index is 0.265. The molecule has 1 atom stereocenters. The maximum absolute atomic E-state index is 13.8. The average molecular weight is 430 g/mol. The number of nitrogens with zero attached hydrogens (tertiary/aromatic N) is 2. The highest BCUT2D eigenvalue weighted by Crippen LogP contribution is 2.26. The quantitative estimate of drug-likeness (QED) is 0.513. The number of rotatable bonds is 7. The maximum atomic E-state index is 13.8. The van der Waals surface area contributed by atoms with Crippen molar-refractivity contribution in [3.63, 3.8) is 0 Å². The average Bonchev–Trinajstić information content (AvgIpc) is 3.15. The van der Waals surface area contributed by atoms with Gasteiger partial charge in [-0.1, -0.05) is 60.3 Å². The van der Waals surface area contributed by atoms with Gasteiger partial charge in [-0.15, -0.1) is 10.2 Å². The van der Waals surface area contributed by atoms with E-state index in [-0.39, 0.29) is 11.7 Å². The molecule has 0 spiro atoms. The first kappa shape index (κ1) is 21.8. The number of hydrogen-bond acceptors (Lipinski definition) is 6. The van der Waals surface area contributed by atoms with Crippen LogP contribution >= 0.6 is 11.8 Å². The highest BCUT2D eigenvalue weighted by molar-refractivity contribution is 7.98. The Morgan fingerprint density at radius 3 is 2.53 bits per heavy atom. The number of hydrogen-bond donors (Lipinski definition) is 1. The normalized spacial score (nSPS) is 12.4. The molecule has 3 rings (SSSR count). The van der Waals surface area contributed by atoms with Crippen LogP contribution in [-0.4, -0.2) is 21.9 Å². The molecule has 6 nitrogen and oxygen atoms in total. The van der Waals surface area contributed by atoms with Gasteiger partial charge in [-0.3, -0.25) is 0 Å². The lowest BCUT2D eigenvalue weighted by atomic mass is 10.1. The van der Waals surface area contributed by atoms with Gasteiger partial charge in [0, 0.05) is 12.2 Å². The molecule has 1 N–H and O–H groups in total. The minimum Gasteiger partial charge on any atom is -0.444 e. The van der Waals surface area contributed by atoms with Gasteiger partial charge in [-0.25, -0.2) is 9.18 Å². The summed E-state index contributed by atoms with van der Waals surface area (Å²) >= 11 is 1.24. The Balaban J connectivity index is 1.72. The summed E-state index contributed by atoms with van der Waals surface area (Å²) in [6.07, 6.45) is -0.109. The van der Waals surface area contributed by atoms with E-state index in [1.807, 2.05) is 30.3 Å². The van der Waals surface area contributed by atoms with Crippen LogP contribution in [0.2, 0.25) is 0 Å². The number of carbonyl (C=O) groups is 1. The zero-order valence-electron chi connectivity index (χ0n) is 17.1. The summed E-state index contributed by atoms with van der Waals surface area (Å²) in [4.78, 5) is 12.3. The molecule has 30 heavy (non-hydrogen) atoms. The third kappa shape index (κ3) is 6.59. The summed E-state index contributed by atoms with van der Waals surface area (Å²) in [6, 6.07) is 15.7. The Hall–Kier alpha value is -2.87. The molecule has 1 heterocycles. The predicted molar refractivity (Wildman–Crippen MR) is 113 cm³/mol. The van der Waals surface area contributed by atoms with Crippen molar-refractivity contribution in [3.05, 3.63) is 77.4 Å². The number of alkyl carbamates (subject to hydrolysis) is 1. The van der Waals surface area contributed by atoms with Crippen LogP contribution in [0.5, 0.6) is 0 Å². The van der Waals surface area contributed by atoms with Gasteiger partial charge in [0.2, 0.25) is 5.89 Å². The maximum Gasteiger partial charge on any atom is 0.408 e. The predicted octanol–water partition coefficient (Wildman–Crippen LogP) is 5.31. The third-order valence-corrected chi connectivity index (χ3v) is 4.87. The molecule has 0 saturated carbocycles. The van der Waals surface area contributed by atoms with E-state index in [0.717, 1.165) is 5.56 Å². The van der Waals surface area contributed by atoms with E-state index in [1.165, 1.54) is 17.8 Å². The fraction of sp³-hybridized carbons (Fsp3) is 0.318. The first-order valence-electron chi connectivity index (χ1n) is 9.53. The van der Waals surface area contributed by atoms with E-state index in [9.17, 15) is 9.18 Å². The third-order valence-electron chi connectivity index (χ3n) is 4.00. The Morgan fingerprint density at radius 1 is 1.13 bits per heavy atom. The second-order valence-corrected chi connectivity index (χ2v) is 8.60. The number of carbonyl (C=O) groups excluding carboxylic acids is 1. The molecule has 0 aliphatic carbocycles. The molecule has 0 radical (unpaired) electrons. The summed E-state index contributed by atoms with van der Waals surface area (Å²) in [7, 11) is 0. The van der Waals surface area contributed by atoms with Crippen LogP contribution in [0.15, 0.2) is 64.2 Å². The van der Waals surface area contributed by atoms with Gasteiger partial charge in [-0.05, 0) is 38.0 Å². The molecule has 1 aromatic heterocycles. The number of halogens is 1. The van der Waals surface area contributed by atoms with Gasteiger partial charge in [0.25, 0.3) is 5.22 Å². The van der Waals surface area contributed by atoms with E-state index in [1.54, 1.807) is 39.0 Å². The summed E-state index contributed by atoms with van der Waals surface area (Å²) < 4.78 is 24.9. The van der Waals surface area contributed by atoms with Crippen molar-refractivity contribution in [2.24, 2.45) is 0 Å². The standard InChI is InChI=1S/C22H24FN3O3S/c1-22(2,3)29-20(27)24-18(13-15-9-5-4-6-10-15)19-25-26-21(28-19)30-14-16-11-7-8-12-17(16)23/h4-12,18H,13-14H2,1-3H3,(H,24,27)/t18-/m0/s1. The van der Waals surface area contributed by atoms with Gasteiger partial charge in [-0.2, -0.15) is 0 Å². The van der Waals surface area contributed by atoms with Gasteiger partial charge >= 0.3 is 6.09 Å². The van der Waals surface area contributed by atoms with E-state index >= 15 is 0 Å². The lowest BCUT2D eigenvalue weighted by Crippen LogP contribution is -2.36. The molecule has 0 aliphatic heterocycles. The van der Waals surface area contributed by atoms with Gasteiger partial charge in [0.1, 0.15) is 17.5 Å². The van der Waals surface area contributed by atoms with E-state index in [2.05, 4.69) is 15.5 Å². The molecular weight excluding hydrogens is 405 g/mol. The van der Waals surface area contributed by atoms with E-state index < -0.39 is 17.7 Å². The molecule has 0 bridgehead atoms. The molecule has 0 aliphatic rings. The van der Waals surface area contributed by atoms with Gasteiger partial charge < -0.3 is 14.5 Å². The number of benzene rings is 2. The van der Waals surface area contributed by atoms with Crippen LogP contribution in [0.3, 0.4) is 0 Å². The summed E-state index contributed by atoms with van der Waals surface area (Å²) in [5.41, 5.74) is 0.920. The number of nitrogens with one attached hydrogen (secondary N) is 1. The first-order valence-corrected chi connectivity index (χ1v) is 10.5. The number of aromatic nitrogens is 2. The second-order valence-electron chi connectivity index (χ2n) is 7.67. The van der Waals surface area contributed by atoms with Crippen LogP contribution in [0, 0.1) is 5.82 Å². The smallest absolute Gasteiger partial charge is 0.408 e. The number of ether oxygens (including phenoxy) is 1. The molecule has 158 valence electrons. The molecule has 0 fully saturated rings. The Bertz CT molecular complexity index is 973. The Kier molecular flexibility index (Phi) is 7.10. The summed E-state index contributed by atoms with van der Waals surface area (Å²) in [5.74, 6) is 0.344. The lowest BCUT2D eigenvalue weighted by molar-refractivity contribution is 0.0494. The molecule has 3 aromatic rings. The van der Waals surface area contributed by atoms with E-state index in [4.69, 9.17) is 9.15 Å². The van der Waals surface area contributed by atoms with Crippen LogP contribution in [-0.2, 0) is 16.9 Å². The summed E-state index contributed by atoms with van der Waals surface area (Å²) in [5, 5.41) is 11.2. The number of amides is 1. The molecule has 1 amide bonds. The number of thioether (sulfide) groups is 1. The zero-order chi connectivity index (χ0) is 21.6. The minimum atomic E-state index is -0.628. The van der Waals surface area contributed by atoms with Crippen molar-refractivity contribution >= 4 is 17.9 Å². The van der Waals surface area contributed by atoms with Crippen molar-refractivity contribution in [3.8, 4) is 0 Å². The van der Waals surface area contributed by atoms with Crippen LogP contribution in [0.4, 0.5) is 9.18 Å². The molecule has 2 aromatic carbocycles. The molecule has 0 unspecified atom stereocenters. The largest absolute Gasteiger partial charge is 0.444 e. The zero-order valence-corrected chi connectivity index (χ0v) is 17.9. The van der Waals surface area contributed by atoms with Crippen LogP contribution in [0.1, 0.15) is 43.8 Å². The van der Waals surface area contributed by atoms with E-state index in [0.29, 0.717) is 23.0 Å². The molecule has 8 heteroatoms. The lowest BCUT2D eigenvalue weighted by Gasteiger charge is -2.22. The fourth-order valence-electron chi connectivity index (χ4n) is 2.67. The van der Waals surface area contributed by atoms with Gasteiger partial charge in [0.15, 0.2) is 0 Å². The SMILES string of the molecule is CC(C)(C)OC(=O)N[C@@H](Cc1ccccc1)c1nnc(SCc2ccccc2F)o1. The van der Waals surface area contributed by atoms with Crippen LogP contribution < -0.4 is 5.32 Å². The summed E-state index contributed by atoms with van der Waals surface area (Å²) in [6.45, 7) is 5.38. The van der Waals surface area contributed by atoms with Crippen LogP contribution in [0.25, 0.3) is 0 Å². The topological polar surface area (TPSA) is 77.2 Å².